The van der Waals surface area contributed by atoms with E-state index in [4.69, 9.17) is 5.11 Å². The zero-order valence-corrected chi connectivity index (χ0v) is 10.9. The molecule has 1 fully saturated rings. The molecule has 0 radical (unpaired) electrons. The molecule has 1 rings (SSSR count). The molecule has 1 saturated carbocycles. The van der Waals surface area contributed by atoms with Crippen LogP contribution >= 0.6 is 0 Å². The highest BCUT2D eigenvalue weighted by atomic mass is 16.3. The Bertz CT molecular complexity index is 215. The molecule has 1 amide bonds. The summed E-state index contributed by atoms with van der Waals surface area (Å²) in [5, 5.41) is 15.1. The van der Waals surface area contributed by atoms with E-state index in [2.05, 4.69) is 17.6 Å². The van der Waals surface area contributed by atoms with Crippen LogP contribution in [0.15, 0.2) is 0 Å². The molecule has 100 valence electrons. The number of hydrogen-bond donors (Lipinski definition) is 3. The summed E-state index contributed by atoms with van der Waals surface area (Å²) in [6, 6.07) is 0.406. The fourth-order valence-electron chi connectivity index (χ4n) is 2.37. The third kappa shape index (κ3) is 6.03. The van der Waals surface area contributed by atoms with Crippen molar-refractivity contribution in [3.63, 3.8) is 0 Å². The summed E-state index contributed by atoms with van der Waals surface area (Å²) in [4.78, 5) is 11.6. The summed E-state index contributed by atoms with van der Waals surface area (Å²) in [6.45, 7) is 3.56. The first-order valence-corrected chi connectivity index (χ1v) is 6.87. The van der Waals surface area contributed by atoms with Crippen molar-refractivity contribution < 1.29 is 9.90 Å². The summed E-state index contributed by atoms with van der Waals surface area (Å²) >= 11 is 0. The Kier molecular flexibility index (Phi) is 7.21. The lowest BCUT2D eigenvalue weighted by molar-refractivity contribution is -0.120. The Hall–Kier alpha value is -0.610. The molecule has 0 aromatic heterocycles. The van der Waals surface area contributed by atoms with Crippen molar-refractivity contribution in [1.29, 1.82) is 0 Å². The van der Waals surface area contributed by atoms with Crippen molar-refractivity contribution in [2.45, 2.75) is 51.5 Å². The monoisotopic (exact) mass is 242 g/mol. The summed E-state index contributed by atoms with van der Waals surface area (Å²) in [5.74, 6) is 0.579. The second-order valence-corrected chi connectivity index (χ2v) is 4.97. The van der Waals surface area contributed by atoms with E-state index in [1.807, 2.05) is 0 Å². The molecular weight excluding hydrogens is 216 g/mol. The van der Waals surface area contributed by atoms with Gasteiger partial charge in [-0.3, -0.25) is 4.79 Å². The highest BCUT2D eigenvalue weighted by Crippen LogP contribution is 2.17. The molecule has 3 N–H and O–H groups in total. The molecular formula is C13H26N2O2. The van der Waals surface area contributed by atoms with Crippen LogP contribution in [0.5, 0.6) is 0 Å². The fraction of sp³-hybridized carbons (Fsp3) is 0.923. The highest BCUT2D eigenvalue weighted by Gasteiger charge is 2.16. The van der Waals surface area contributed by atoms with E-state index >= 15 is 0 Å². The zero-order chi connectivity index (χ0) is 12.5. The molecule has 1 aliphatic carbocycles. The molecule has 0 spiro atoms. The molecule has 0 aromatic rings. The van der Waals surface area contributed by atoms with Gasteiger partial charge in [0.25, 0.3) is 0 Å². The minimum atomic E-state index is 0.107. The normalized spacial score (nSPS) is 18.2. The maximum absolute atomic E-state index is 11.6. The smallest absolute Gasteiger partial charge is 0.234 e. The number of amides is 1. The Morgan fingerprint density at radius 2 is 2.12 bits per heavy atom. The van der Waals surface area contributed by atoms with Gasteiger partial charge in [-0.25, -0.2) is 0 Å². The quantitative estimate of drug-likeness (QED) is 0.596. The summed E-state index contributed by atoms with van der Waals surface area (Å²) in [7, 11) is 0. The lowest BCUT2D eigenvalue weighted by Gasteiger charge is -2.15. The van der Waals surface area contributed by atoms with Gasteiger partial charge in [-0.2, -0.15) is 0 Å². The van der Waals surface area contributed by atoms with E-state index in [1.54, 1.807) is 0 Å². The van der Waals surface area contributed by atoms with Crippen molar-refractivity contribution in [3.05, 3.63) is 0 Å². The van der Waals surface area contributed by atoms with Crippen LogP contribution in [-0.2, 0) is 4.79 Å². The van der Waals surface area contributed by atoms with Crippen molar-refractivity contribution in [1.82, 2.24) is 10.6 Å². The number of hydrogen-bond acceptors (Lipinski definition) is 3. The lowest BCUT2D eigenvalue weighted by atomic mass is 10.0. The molecule has 1 unspecified atom stereocenters. The number of carbonyl (C=O) groups is 1. The van der Waals surface area contributed by atoms with Crippen molar-refractivity contribution in [2.75, 3.05) is 19.7 Å². The first-order chi connectivity index (χ1) is 8.26. The van der Waals surface area contributed by atoms with E-state index in [0.29, 0.717) is 18.5 Å². The third-order valence-electron chi connectivity index (χ3n) is 3.55. The number of carbonyl (C=O) groups excluding carboxylic acids is 1. The Morgan fingerprint density at radius 3 is 2.71 bits per heavy atom. The van der Waals surface area contributed by atoms with Crippen LogP contribution < -0.4 is 10.6 Å². The maximum atomic E-state index is 11.6. The fourth-order valence-corrected chi connectivity index (χ4v) is 2.37. The van der Waals surface area contributed by atoms with Gasteiger partial charge in [-0.1, -0.05) is 26.2 Å². The summed E-state index contributed by atoms with van der Waals surface area (Å²) in [5.41, 5.74) is 0. The molecule has 0 heterocycles. The second-order valence-electron chi connectivity index (χ2n) is 4.97. The second kappa shape index (κ2) is 8.48. The maximum Gasteiger partial charge on any atom is 0.234 e. The Balaban J connectivity index is 2.06. The lowest BCUT2D eigenvalue weighted by Crippen LogP contribution is -2.40. The number of aliphatic hydroxyl groups is 1. The van der Waals surface area contributed by atoms with E-state index in [1.165, 1.54) is 12.8 Å². The molecule has 17 heavy (non-hydrogen) atoms. The van der Waals surface area contributed by atoms with E-state index in [-0.39, 0.29) is 12.5 Å². The van der Waals surface area contributed by atoms with Gasteiger partial charge in [-0.15, -0.1) is 0 Å². The van der Waals surface area contributed by atoms with Crippen molar-refractivity contribution in [3.8, 4) is 0 Å². The van der Waals surface area contributed by atoms with Crippen molar-refractivity contribution in [2.24, 2.45) is 5.92 Å². The van der Waals surface area contributed by atoms with E-state index in [9.17, 15) is 4.79 Å². The average molecular weight is 242 g/mol. The Labute approximate surface area is 104 Å². The van der Waals surface area contributed by atoms with Crippen LogP contribution in [0.4, 0.5) is 0 Å². The van der Waals surface area contributed by atoms with Crippen molar-refractivity contribution >= 4 is 5.91 Å². The van der Waals surface area contributed by atoms with Gasteiger partial charge in [0.2, 0.25) is 5.91 Å². The zero-order valence-electron chi connectivity index (χ0n) is 10.9. The topological polar surface area (TPSA) is 61.4 Å². The van der Waals surface area contributed by atoms with Crippen LogP contribution in [0.3, 0.4) is 0 Å². The van der Waals surface area contributed by atoms with Gasteiger partial charge in [0.05, 0.1) is 6.54 Å². The van der Waals surface area contributed by atoms with Crippen LogP contribution in [0.25, 0.3) is 0 Å². The largest absolute Gasteiger partial charge is 0.396 e. The molecule has 0 aromatic carbocycles. The van der Waals surface area contributed by atoms with Gasteiger partial charge >= 0.3 is 0 Å². The summed E-state index contributed by atoms with van der Waals surface area (Å²) < 4.78 is 0. The molecule has 1 aliphatic rings. The van der Waals surface area contributed by atoms with Gasteiger partial charge in [0.15, 0.2) is 0 Å². The molecule has 4 nitrogen and oxygen atoms in total. The number of rotatable bonds is 8. The SMILES string of the molecule is CCC(CCO)CNCC(=O)NC1CCCC1. The predicted molar refractivity (Wildman–Crippen MR) is 68.8 cm³/mol. The van der Waals surface area contributed by atoms with Gasteiger partial charge < -0.3 is 15.7 Å². The van der Waals surface area contributed by atoms with Gasteiger partial charge in [-0.05, 0) is 31.7 Å². The molecule has 0 bridgehead atoms. The summed E-state index contributed by atoms with van der Waals surface area (Å²) in [6.07, 6.45) is 6.60. The standard InChI is InChI=1S/C13H26N2O2/c1-2-11(7-8-16)9-14-10-13(17)15-12-5-3-4-6-12/h11-12,14,16H,2-10H2,1H3,(H,15,17). The minimum absolute atomic E-state index is 0.107. The van der Waals surface area contributed by atoms with Crippen LogP contribution in [0.2, 0.25) is 0 Å². The Morgan fingerprint density at radius 1 is 1.41 bits per heavy atom. The van der Waals surface area contributed by atoms with Crippen LogP contribution in [-0.4, -0.2) is 36.8 Å². The molecule has 1 atom stereocenters. The van der Waals surface area contributed by atoms with Gasteiger partial charge in [0, 0.05) is 12.6 Å². The number of aliphatic hydroxyl groups excluding tert-OH is 1. The first-order valence-electron chi connectivity index (χ1n) is 6.87. The van der Waals surface area contributed by atoms with E-state index < -0.39 is 0 Å². The highest BCUT2D eigenvalue weighted by molar-refractivity contribution is 5.78. The van der Waals surface area contributed by atoms with E-state index in [0.717, 1.165) is 32.2 Å². The van der Waals surface area contributed by atoms with Crippen LogP contribution in [0.1, 0.15) is 45.4 Å². The molecule has 0 aliphatic heterocycles. The average Bonchev–Trinajstić information content (AvgIpc) is 2.80. The van der Waals surface area contributed by atoms with Crippen LogP contribution in [0, 0.1) is 5.92 Å². The number of nitrogens with one attached hydrogen (secondary N) is 2. The molecule has 4 heteroatoms. The first kappa shape index (κ1) is 14.5. The van der Waals surface area contributed by atoms with Gasteiger partial charge in [0.1, 0.15) is 0 Å². The molecule has 0 saturated heterocycles. The third-order valence-corrected chi connectivity index (χ3v) is 3.55. The predicted octanol–water partition coefficient (Wildman–Crippen LogP) is 1.04. The minimum Gasteiger partial charge on any atom is -0.396 e.